The second-order valence-corrected chi connectivity index (χ2v) is 5.86. The molecule has 3 rings (SSSR count). The standard InChI is InChI=1S/C17H14Cl2N2O2/c18-13-5-12(6-14(19)7-13)10-23-17-3-1-16(2-4-17)21-8-15(9-22)20-11-21/h1-8,11,22H,9-10H2. The summed E-state index contributed by atoms with van der Waals surface area (Å²) in [4.78, 5) is 4.08. The molecule has 4 nitrogen and oxygen atoms in total. The molecule has 1 aromatic heterocycles. The Kier molecular flexibility index (Phi) is 4.86. The quantitative estimate of drug-likeness (QED) is 0.749. The number of rotatable bonds is 5. The molecule has 0 fully saturated rings. The summed E-state index contributed by atoms with van der Waals surface area (Å²) in [5.74, 6) is 0.743. The van der Waals surface area contributed by atoms with E-state index in [2.05, 4.69) is 4.98 Å². The van der Waals surface area contributed by atoms with Crippen molar-refractivity contribution >= 4 is 23.2 Å². The van der Waals surface area contributed by atoms with Crippen LogP contribution < -0.4 is 4.74 Å². The minimum atomic E-state index is -0.0730. The number of nitrogens with zero attached hydrogens (tertiary/aromatic N) is 2. The summed E-state index contributed by atoms with van der Waals surface area (Å²) in [7, 11) is 0. The molecule has 0 amide bonds. The third kappa shape index (κ3) is 4.05. The van der Waals surface area contributed by atoms with Crippen LogP contribution in [0.3, 0.4) is 0 Å². The maximum atomic E-state index is 9.04. The number of hydrogen-bond acceptors (Lipinski definition) is 3. The van der Waals surface area contributed by atoms with Gasteiger partial charge in [-0.15, -0.1) is 0 Å². The van der Waals surface area contributed by atoms with Crippen molar-refractivity contribution in [2.45, 2.75) is 13.2 Å². The van der Waals surface area contributed by atoms with Crippen LogP contribution in [0, 0.1) is 0 Å². The predicted octanol–water partition coefficient (Wildman–Crippen LogP) is 4.25. The Labute approximate surface area is 143 Å². The van der Waals surface area contributed by atoms with Gasteiger partial charge in [0, 0.05) is 21.9 Å². The lowest BCUT2D eigenvalue weighted by Gasteiger charge is -2.08. The average Bonchev–Trinajstić information content (AvgIpc) is 3.02. The molecular weight excluding hydrogens is 335 g/mol. The third-order valence-corrected chi connectivity index (χ3v) is 3.70. The number of halogens is 2. The number of ether oxygens (including phenoxy) is 1. The summed E-state index contributed by atoms with van der Waals surface area (Å²) in [6.45, 7) is 0.315. The molecule has 0 radical (unpaired) electrons. The van der Waals surface area contributed by atoms with E-state index in [9.17, 15) is 0 Å². The van der Waals surface area contributed by atoms with E-state index in [-0.39, 0.29) is 6.61 Å². The molecule has 0 saturated heterocycles. The van der Waals surface area contributed by atoms with Crippen molar-refractivity contribution in [2.75, 3.05) is 0 Å². The lowest BCUT2D eigenvalue weighted by atomic mass is 10.2. The first-order valence-corrected chi connectivity index (χ1v) is 7.71. The van der Waals surface area contributed by atoms with Gasteiger partial charge in [0.2, 0.25) is 0 Å². The zero-order valence-electron chi connectivity index (χ0n) is 12.1. The van der Waals surface area contributed by atoms with Crippen molar-refractivity contribution < 1.29 is 9.84 Å². The van der Waals surface area contributed by atoms with Gasteiger partial charge in [-0.3, -0.25) is 0 Å². The monoisotopic (exact) mass is 348 g/mol. The number of imidazole rings is 1. The summed E-state index contributed by atoms with van der Waals surface area (Å²) >= 11 is 11.9. The molecule has 0 bridgehead atoms. The van der Waals surface area contributed by atoms with Gasteiger partial charge in [-0.1, -0.05) is 23.2 Å². The molecule has 0 spiro atoms. The van der Waals surface area contributed by atoms with E-state index in [0.29, 0.717) is 22.3 Å². The molecule has 3 aromatic rings. The minimum Gasteiger partial charge on any atom is -0.489 e. The maximum absolute atomic E-state index is 9.04. The molecule has 0 atom stereocenters. The molecule has 1 heterocycles. The van der Waals surface area contributed by atoms with Gasteiger partial charge in [-0.05, 0) is 48.0 Å². The molecule has 0 saturated carbocycles. The molecule has 0 unspecified atom stereocenters. The van der Waals surface area contributed by atoms with Gasteiger partial charge < -0.3 is 14.4 Å². The third-order valence-electron chi connectivity index (χ3n) is 3.26. The van der Waals surface area contributed by atoms with Gasteiger partial charge in [-0.2, -0.15) is 0 Å². The average molecular weight is 349 g/mol. The molecule has 118 valence electrons. The zero-order chi connectivity index (χ0) is 16.2. The highest BCUT2D eigenvalue weighted by Gasteiger charge is 2.02. The van der Waals surface area contributed by atoms with Gasteiger partial charge in [0.25, 0.3) is 0 Å². The zero-order valence-corrected chi connectivity index (χ0v) is 13.6. The molecule has 0 aliphatic carbocycles. The van der Waals surface area contributed by atoms with Gasteiger partial charge in [0.05, 0.1) is 18.6 Å². The SMILES string of the molecule is OCc1cn(-c2ccc(OCc3cc(Cl)cc(Cl)c3)cc2)cn1. The molecular formula is C17H14Cl2N2O2. The number of benzene rings is 2. The van der Waals surface area contributed by atoms with Crippen LogP contribution in [-0.2, 0) is 13.2 Å². The predicted molar refractivity (Wildman–Crippen MR) is 90.3 cm³/mol. The fourth-order valence-electron chi connectivity index (χ4n) is 2.16. The normalized spacial score (nSPS) is 10.7. The van der Waals surface area contributed by atoms with Crippen molar-refractivity contribution in [2.24, 2.45) is 0 Å². The molecule has 0 aliphatic heterocycles. The van der Waals surface area contributed by atoms with Gasteiger partial charge in [-0.25, -0.2) is 4.98 Å². The molecule has 1 N–H and O–H groups in total. The van der Waals surface area contributed by atoms with Crippen LogP contribution >= 0.6 is 23.2 Å². The first kappa shape index (κ1) is 15.9. The van der Waals surface area contributed by atoms with Gasteiger partial charge in [0.15, 0.2) is 0 Å². The van der Waals surface area contributed by atoms with E-state index in [1.54, 1.807) is 18.6 Å². The number of aliphatic hydroxyl groups is 1. The second-order valence-electron chi connectivity index (χ2n) is 4.99. The lowest BCUT2D eigenvalue weighted by Crippen LogP contribution is -1.96. The van der Waals surface area contributed by atoms with Gasteiger partial charge in [0.1, 0.15) is 12.4 Å². The second kappa shape index (κ2) is 7.04. The Hall–Kier alpha value is -2.01. The van der Waals surface area contributed by atoms with Crippen molar-refractivity contribution in [1.82, 2.24) is 9.55 Å². The number of aliphatic hydroxyl groups excluding tert-OH is 1. The van der Waals surface area contributed by atoms with Crippen molar-refractivity contribution in [3.63, 3.8) is 0 Å². The molecule has 2 aromatic carbocycles. The van der Waals surface area contributed by atoms with E-state index in [4.69, 9.17) is 33.0 Å². The van der Waals surface area contributed by atoms with E-state index in [1.165, 1.54) is 0 Å². The summed E-state index contributed by atoms with van der Waals surface area (Å²) in [6, 6.07) is 12.9. The highest BCUT2D eigenvalue weighted by Crippen LogP contribution is 2.21. The topological polar surface area (TPSA) is 47.3 Å². The Morgan fingerprint density at radius 1 is 1.04 bits per heavy atom. The maximum Gasteiger partial charge on any atom is 0.119 e. The van der Waals surface area contributed by atoms with Crippen molar-refractivity contribution in [1.29, 1.82) is 0 Å². The lowest BCUT2D eigenvalue weighted by molar-refractivity contribution is 0.277. The van der Waals surface area contributed by atoms with Crippen LogP contribution in [0.1, 0.15) is 11.3 Å². The Morgan fingerprint density at radius 2 is 1.74 bits per heavy atom. The van der Waals surface area contributed by atoms with Crippen molar-refractivity contribution in [3.8, 4) is 11.4 Å². The minimum absolute atomic E-state index is 0.0730. The Bertz CT molecular complexity index is 780. The largest absolute Gasteiger partial charge is 0.489 e. The molecule has 6 heteroatoms. The van der Waals surface area contributed by atoms with Crippen molar-refractivity contribution in [3.05, 3.63) is 76.3 Å². The van der Waals surface area contributed by atoms with Gasteiger partial charge >= 0.3 is 0 Å². The summed E-state index contributed by atoms with van der Waals surface area (Å²) in [5.41, 5.74) is 2.48. The first-order valence-electron chi connectivity index (χ1n) is 6.96. The van der Waals surface area contributed by atoms with Crippen LogP contribution in [0.4, 0.5) is 0 Å². The fraction of sp³-hybridized carbons (Fsp3) is 0.118. The highest BCUT2D eigenvalue weighted by atomic mass is 35.5. The number of aromatic nitrogens is 2. The smallest absolute Gasteiger partial charge is 0.119 e. The van der Waals surface area contributed by atoms with E-state index >= 15 is 0 Å². The van der Waals surface area contributed by atoms with Crippen LogP contribution in [0.5, 0.6) is 5.75 Å². The van der Waals surface area contributed by atoms with E-state index in [1.807, 2.05) is 41.0 Å². The summed E-state index contributed by atoms with van der Waals surface area (Å²) < 4.78 is 7.58. The highest BCUT2D eigenvalue weighted by molar-refractivity contribution is 6.34. The summed E-state index contributed by atoms with van der Waals surface area (Å²) in [5, 5.41) is 10.2. The fourth-order valence-corrected chi connectivity index (χ4v) is 2.73. The Balaban J connectivity index is 1.67. The van der Waals surface area contributed by atoms with Crippen LogP contribution in [0.15, 0.2) is 55.0 Å². The number of hydrogen-bond donors (Lipinski definition) is 1. The Morgan fingerprint density at radius 3 is 2.35 bits per heavy atom. The van der Waals surface area contributed by atoms with Crippen LogP contribution in [0.25, 0.3) is 5.69 Å². The first-order chi connectivity index (χ1) is 11.1. The van der Waals surface area contributed by atoms with E-state index in [0.717, 1.165) is 17.0 Å². The van der Waals surface area contributed by atoms with Crippen LogP contribution in [0.2, 0.25) is 10.0 Å². The summed E-state index contributed by atoms with van der Waals surface area (Å²) in [6.07, 6.45) is 3.44. The van der Waals surface area contributed by atoms with E-state index < -0.39 is 0 Å². The molecule has 23 heavy (non-hydrogen) atoms. The molecule has 0 aliphatic rings. The van der Waals surface area contributed by atoms with Crippen LogP contribution in [-0.4, -0.2) is 14.7 Å².